The lowest BCUT2D eigenvalue weighted by atomic mass is 10.0. The number of fused-ring (bicyclic) bond motifs is 1. The number of carbonyl (C=O) groups is 1. The largest absolute Gasteiger partial charge is 0.390 e. The minimum Gasteiger partial charge on any atom is -0.390 e. The molecule has 10 nitrogen and oxygen atoms in total. The molecule has 216 valence electrons. The van der Waals surface area contributed by atoms with E-state index < -0.39 is 29.7 Å². The van der Waals surface area contributed by atoms with Crippen LogP contribution < -0.4 is 16.0 Å². The van der Waals surface area contributed by atoms with Gasteiger partial charge in [-0.15, -0.1) is 23.7 Å². The van der Waals surface area contributed by atoms with Crippen LogP contribution in [0.1, 0.15) is 70.2 Å². The first-order valence-corrected chi connectivity index (χ1v) is 14.7. The van der Waals surface area contributed by atoms with Gasteiger partial charge in [0.25, 0.3) is 0 Å². The number of aryl methyl sites for hydroxylation is 1. The lowest BCUT2D eigenvalue weighted by Crippen LogP contribution is -2.46. The summed E-state index contributed by atoms with van der Waals surface area (Å²) in [7, 11) is 0. The van der Waals surface area contributed by atoms with E-state index in [1.807, 2.05) is 40.0 Å². The maximum Gasteiger partial charge on any atom is 0.226 e. The Morgan fingerprint density at radius 1 is 1.10 bits per heavy atom. The van der Waals surface area contributed by atoms with Crippen molar-refractivity contribution in [1.82, 2.24) is 25.3 Å². The van der Waals surface area contributed by atoms with Gasteiger partial charge >= 0.3 is 0 Å². The van der Waals surface area contributed by atoms with Crippen LogP contribution in [-0.2, 0) is 4.79 Å². The summed E-state index contributed by atoms with van der Waals surface area (Å²) >= 11 is 1.58. The number of nitrogens with one attached hydrogen (secondary N) is 3. The van der Waals surface area contributed by atoms with Crippen LogP contribution in [0.4, 0.5) is 11.8 Å². The maximum atomic E-state index is 12.9. The number of anilines is 2. The average Bonchev–Trinajstić information content (AvgIpc) is 3.79. The van der Waals surface area contributed by atoms with Gasteiger partial charge in [0.2, 0.25) is 11.9 Å². The Labute approximate surface area is 244 Å². The summed E-state index contributed by atoms with van der Waals surface area (Å²) in [5.74, 6) is 1.17. The van der Waals surface area contributed by atoms with E-state index in [-0.39, 0.29) is 24.7 Å². The molecule has 3 fully saturated rings. The topological polar surface area (TPSA) is 145 Å². The highest BCUT2D eigenvalue weighted by Gasteiger charge is 2.46. The average molecular weight is 588 g/mol. The quantitative estimate of drug-likeness (QED) is 0.264. The fourth-order valence-electron chi connectivity index (χ4n) is 5.28. The van der Waals surface area contributed by atoms with E-state index in [0.29, 0.717) is 23.6 Å². The molecule has 0 radical (unpaired) electrons. The zero-order chi connectivity index (χ0) is 27.5. The van der Waals surface area contributed by atoms with E-state index in [1.54, 1.807) is 11.3 Å². The van der Waals surface area contributed by atoms with E-state index in [2.05, 4.69) is 20.9 Å². The Kier molecular flexibility index (Phi) is 7.95. The highest BCUT2D eigenvalue weighted by atomic mass is 35.5. The molecule has 3 heterocycles. The third-order valence-electron chi connectivity index (χ3n) is 7.69. The summed E-state index contributed by atoms with van der Waals surface area (Å²) in [6.07, 6.45) is 4.51. The van der Waals surface area contributed by atoms with Gasteiger partial charge in [-0.3, -0.25) is 9.78 Å². The predicted molar refractivity (Wildman–Crippen MR) is 159 cm³/mol. The van der Waals surface area contributed by atoms with Crippen LogP contribution in [0.5, 0.6) is 0 Å². The molecule has 0 aromatic carbocycles. The molecule has 12 heteroatoms. The summed E-state index contributed by atoms with van der Waals surface area (Å²) in [6, 6.07) is 1.42. The number of pyridine rings is 1. The number of aliphatic hydroxyl groups excluding tert-OH is 2. The number of hydrogen-bond acceptors (Lipinski definition) is 10. The van der Waals surface area contributed by atoms with E-state index in [1.165, 1.54) is 12.8 Å². The second-order valence-electron chi connectivity index (χ2n) is 12.3. The number of carbonyl (C=O) groups excluding carboxylic acids is 1. The molecule has 0 saturated heterocycles. The van der Waals surface area contributed by atoms with Crippen LogP contribution in [0.15, 0.2) is 12.3 Å². The Bertz CT molecular complexity index is 1400. The number of nitrogens with zero attached hydrogens (tertiary/aromatic N) is 4. The molecule has 4 atom stereocenters. The highest BCUT2D eigenvalue weighted by Crippen LogP contribution is 2.44. The number of aliphatic hydroxyl groups is 2. The van der Waals surface area contributed by atoms with Crippen LogP contribution in [-0.4, -0.2) is 66.4 Å². The van der Waals surface area contributed by atoms with Crippen LogP contribution in [0.2, 0.25) is 0 Å². The smallest absolute Gasteiger partial charge is 0.226 e. The summed E-state index contributed by atoms with van der Waals surface area (Å²) in [5.41, 5.74) is 3.07. The molecule has 5 N–H and O–H groups in total. The minimum atomic E-state index is -1.18. The van der Waals surface area contributed by atoms with E-state index in [0.717, 1.165) is 51.6 Å². The summed E-state index contributed by atoms with van der Waals surface area (Å²) in [5, 5.41) is 32.2. The van der Waals surface area contributed by atoms with Gasteiger partial charge in [0, 0.05) is 24.2 Å². The Balaban J connectivity index is 0.00000323. The van der Waals surface area contributed by atoms with Gasteiger partial charge in [-0.05, 0) is 71.8 Å². The van der Waals surface area contributed by atoms with Crippen LogP contribution >= 0.6 is 23.7 Å². The third-order valence-corrected chi connectivity index (χ3v) is 8.73. The van der Waals surface area contributed by atoms with Crippen molar-refractivity contribution < 1.29 is 15.0 Å². The van der Waals surface area contributed by atoms with Gasteiger partial charge in [-0.1, -0.05) is 0 Å². The van der Waals surface area contributed by atoms with Crippen LogP contribution in [0, 0.1) is 18.8 Å². The maximum absolute atomic E-state index is 12.9. The van der Waals surface area contributed by atoms with Gasteiger partial charge in [-0.25, -0.2) is 9.97 Å². The monoisotopic (exact) mass is 587 g/mol. The number of aromatic nitrogens is 4. The lowest BCUT2D eigenvalue weighted by molar-refractivity contribution is -0.130. The lowest BCUT2D eigenvalue weighted by Gasteiger charge is -2.24. The number of thiazole rings is 1. The van der Waals surface area contributed by atoms with Crippen molar-refractivity contribution in [2.24, 2.45) is 11.8 Å². The summed E-state index contributed by atoms with van der Waals surface area (Å²) < 4.78 is 1.07. The van der Waals surface area contributed by atoms with Crippen molar-refractivity contribution in [3.63, 3.8) is 0 Å². The second kappa shape index (κ2) is 11.0. The summed E-state index contributed by atoms with van der Waals surface area (Å²) in [6.45, 7) is 8.44. The molecule has 3 aliphatic carbocycles. The first-order chi connectivity index (χ1) is 18.6. The number of hydrogen-bond donors (Lipinski definition) is 5. The molecule has 3 saturated carbocycles. The molecule has 0 unspecified atom stereocenters. The molecule has 0 spiro atoms. The Morgan fingerprint density at radius 3 is 2.52 bits per heavy atom. The fourth-order valence-corrected chi connectivity index (χ4v) is 6.35. The molecule has 0 bridgehead atoms. The zero-order valence-corrected chi connectivity index (χ0v) is 24.9. The first kappa shape index (κ1) is 28.9. The molecular weight excluding hydrogens is 550 g/mol. The van der Waals surface area contributed by atoms with Crippen molar-refractivity contribution in [1.29, 1.82) is 0 Å². The van der Waals surface area contributed by atoms with Crippen molar-refractivity contribution in [3.05, 3.63) is 23.7 Å². The number of amides is 1. The molecule has 6 rings (SSSR count). The number of rotatable bonds is 8. The van der Waals surface area contributed by atoms with Crippen LogP contribution in [0.3, 0.4) is 0 Å². The SMILES string of the molecule is Cc1nc(NCC2CC2)nc(N[C@@H]2C[C@H](C(=O)NC(C)(C)C)[C@@H](O)[C@H]2O)c1-c1nc2c(C3CC3)nccc2s1.Cl. The second-order valence-corrected chi connectivity index (χ2v) is 13.4. The van der Waals surface area contributed by atoms with Gasteiger partial charge in [0.1, 0.15) is 22.4 Å². The van der Waals surface area contributed by atoms with Crippen LogP contribution in [0.25, 0.3) is 20.8 Å². The Hall–Kier alpha value is -2.60. The van der Waals surface area contributed by atoms with Gasteiger partial charge < -0.3 is 26.2 Å². The van der Waals surface area contributed by atoms with E-state index in [4.69, 9.17) is 15.0 Å². The molecule has 3 aliphatic rings. The van der Waals surface area contributed by atoms with Crippen molar-refractivity contribution in [2.45, 2.75) is 89.5 Å². The van der Waals surface area contributed by atoms with Crippen molar-refractivity contribution >= 4 is 51.6 Å². The molecular formula is C28H38ClN7O3S. The Morgan fingerprint density at radius 2 is 1.85 bits per heavy atom. The van der Waals surface area contributed by atoms with E-state index in [9.17, 15) is 15.0 Å². The normalized spacial score (nSPS) is 24.6. The van der Waals surface area contributed by atoms with Gasteiger partial charge in [0.15, 0.2) is 0 Å². The fraction of sp³-hybridized carbons (Fsp3) is 0.607. The molecule has 3 aromatic heterocycles. The van der Waals surface area contributed by atoms with Crippen molar-refractivity contribution in [2.75, 3.05) is 17.2 Å². The predicted octanol–water partition coefficient (Wildman–Crippen LogP) is 4.01. The molecule has 0 aliphatic heterocycles. The molecule has 40 heavy (non-hydrogen) atoms. The van der Waals surface area contributed by atoms with Crippen molar-refractivity contribution in [3.8, 4) is 10.6 Å². The highest BCUT2D eigenvalue weighted by molar-refractivity contribution is 7.21. The molecule has 3 aromatic rings. The molecule has 1 amide bonds. The standard InChI is InChI=1S/C28H37N7O3S.ClH/c1-13-19(26-33-21-18(39-26)9-10-29-20(21)15-7-8-15)24(34-27(31-13)30-12-14-5-6-14)32-17-11-16(22(36)23(17)37)25(38)35-28(2,3)4;/h9-10,14-17,22-23,36-37H,5-8,11-12H2,1-4H3,(H,35,38)(H2,30,31,32,34);1H/t16-,17+,22+,23-;/m0./s1. The zero-order valence-electron chi connectivity index (χ0n) is 23.3. The minimum absolute atomic E-state index is 0. The third kappa shape index (κ3) is 6.02. The first-order valence-electron chi connectivity index (χ1n) is 13.9. The van der Waals surface area contributed by atoms with E-state index >= 15 is 0 Å². The van der Waals surface area contributed by atoms with Gasteiger partial charge in [-0.2, -0.15) is 4.98 Å². The van der Waals surface area contributed by atoms with Gasteiger partial charge in [0.05, 0.1) is 39.7 Å². The number of halogens is 1. The summed E-state index contributed by atoms with van der Waals surface area (Å²) in [4.78, 5) is 32.1.